The van der Waals surface area contributed by atoms with Gasteiger partial charge in [0.05, 0.1) is 17.6 Å². The molecule has 3 rings (SSSR count). The number of aryl methyl sites for hydroxylation is 1. The van der Waals surface area contributed by atoms with Crippen molar-refractivity contribution in [2.24, 2.45) is 0 Å². The standard InChI is InChI=1S/C23H30N2O4S/c1-17-8-10-19(11-9-17)18(2)24-30(27,28)20-12-13-22(29-3)21(16-20)23(26)25-14-6-4-5-7-15-25/h8-13,16,18,24H,4-7,14-15H2,1-3H3/t18-/m0/s1. The molecule has 0 unspecified atom stereocenters. The van der Waals surface area contributed by atoms with Crippen LogP contribution in [0.15, 0.2) is 47.4 Å². The van der Waals surface area contributed by atoms with Gasteiger partial charge in [-0.05, 0) is 50.5 Å². The molecular formula is C23H30N2O4S. The molecule has 0 aromatic heterocycles. The van der Waals surface area contributed by atoms with Crippen LogP contribution in [-0.4, -0.2) is 39.4 Å². The molecule has 1 aliphatic rings. The molecule has 1 N–H and O–H groups in total. The van der Waals surface area contributed by atoms with E-state index in [9.17, 15) is 13.2 Å². The zero-order valence-electron chi connectivity index (χ0n) is 17.8. The summed E-state index contributed by atoms with van der Waals surface area (Å²) in [5.74, 6) is 0.201. The second kappa shape index (κ2) is 9.62. The predicted octanol–water partition coefficient (Wildman–Crippen LogP) is 4.06. The summed E-state index contributed by atoms with van der Waals surface area (Å²) in [5.41, 5.74) is 2.27. The van der Waals surface area contributed by atoms with E-state index in [1.165, 1.54) is 19.2 Å². The van der Waals surface area contributed by atoms with Crippen molar-refractivity contribution in [1.82, 2.24) is 9.62 Å². The van der Waals surface area contributed by atoms with E-state index in [1.54, 1.807) is 17.9 Å². The smallest absolute Gasteiger partial charge is 0.257 e. The van der Waals surface area contributed by atoms with Crippen molar-refractivity contribution in [1.29, 1.82) is 0 Å². The molecule has 1 aliphatic heterocycles. The first-order valence-corrected chi connectivity index (χ1v) is 11.9. The maximum atomic E-state index is 13.1. The first-order valence-electron chi connectivity index (χ1n) is 10.4. The number of hydrogen-bond donors (Lipinski definition) is 1. The van der Waals surface area contributed by atoms with E-state index < -0.39 is 16.1 Å². The molecule has 1 fully saturated rings. The topological polar surface area (TPSA) is 75.7 Å². The number of nitrogens with zero attached hydrogens (tertiary/aromatic N) is 1. The van der Waals surface area contributed by atoms with Crippen LogP contribution in [0.5, 0.6) is 5.75 Å². The summed E-state index contributed by atoms with van der Waals surface area (Å²) in [6, 6.07) is 11.8. The van der Waals surface area contributed by atoms with Gasteiger partial charge in [-0.15, -0.1) is 0 Å². The minimum atomic E-state index is -3.81. The van der Waals surface area contributed by atoms with E-state index >= 15 is 0 Å². The number of methoxy groups -OCH3 is 1. The normalized spacial score (nSPS) is 16.0. The molecule has 1 heterocycles. The van der Waals surface area contributed by atoms with Gasteiger partial charge < -0.3 is 9.64 Å². The number of carbonyl (C=O) groups is 1. The molecule has 7 heteroatoms. The van der Waals surface area contributed by atoms with Crippen molar-refractivity contribution >= 4 is 15.9 Å². The van der Waals surface area contributed by atoms with E-state index in [2.05, 4.69) is 4.72 Å². The average molecular weight is 431 g/mol. The summed E-state index contributed by atoms with van der Waals surface area (Å²) in [6.45, 7) is 5.15. The van der Waals surface area contributed by atoms with Gasteiger partial charge in [0.1, 0.15) is 5.75 Å². The Morgan fingerprint density at radius 3 is 2.27 bits per heavy atom. The number of likely N-dealkylation sites (tertiary alicyclic amines) is 1. The molecule has 1 atom stereocenters. The number of amides is 1. The number of rotatable bonds is 6. The van der Waals surface area contributed by atoms with Crippen molar-refractivity contribution in [2.75, 3.05) is 20.2 Å². The van der Waals surface area contributed by atoms with Gasteiger partial charge in [0.25, 0.3) is 5.91 Å². The van der Waals surface area contributed by atoms with Gasteiger partial charge in [-0.1, -0.05) is 42.7 Å². The number of carbonyl (C=O) groups excluding carboxylic acids is 1. The van der Waals surface area contributed by atoms with Crippen molar-refractivity contribution in [3.63, 3.8) is 0 Å². The van der Waals surface area contributed by atoms with Gasteiger partial charge in [0.15, 0.2) is 0 Å². The lowest BCUT2D eigenvalue weighted by molar-refractivity contribution is 0.0758. The molecule has 0 bridgehead atoms. The third-order valence-electron chi connectivity index (χ3n) is 5.51. The zero-order chi connectivity index (χ0) is 21.7. The number of nitrogens with one attached hydrogen (secondary N) is 1. The molecule has 162 valence electrons. The van der Waals surface area contributed by atoms with E-state index in [1.807, 2.05) is 31.2 Å². The Bertz CT molecular complexity index is 979. The minimum Gasteiger partial charge on any atom is -0.496 e. The van der Waals surface area contributed by atoms with Gasteiger partial charge in [-0.25, -0.2) is 13.1 Å². The number of hydrogen-bond acceptors (Lipinski definition) is 4. The SMILES string of the molecule is COc1ccc(S(=O)(=O)N[C@@H](C)c2ccc(C)cc2)cc1C(=O)N1CCCCCC1. The summed E-state index contributed by atoms with van der Waals surface area (Å²) in [6.07, 6.45) is 4.13. The summed E-state index contributed by atoms with van der Waals surface area (Å²) < 4.78 is 34.1. The highest BCUT2D eigenvalue weighted by Gasteiger charge is 2.25. The molecule has 0 aliphatic carbocycles. The predicted molar refractivity (Wildman–Crippen MR) is 117 cm³/mol. The van der Waals surface area contributed by atoms with Gasteiger partial charge >= 0.3 is 0 Å². The first-order chi connectivity index (χ1) is 14.3. The Labute approximate surface area is 179 Å². The molecule has 0 radical (unpaired) electrons. The fourth-order valence-corrected chi connectivity index (χ4v) is 4.95. The first kappa shape index (κ1) is 22.3. The fourth-order valence-electron chi connectivity index (χ4n) is 3.69. The van der Waals surface area contributed by atoms with Gasteiger partial charge in [-0.3, -0.25) is 4.79 Å². The second-order valence-electron chi connectivity index (χ2n) is 7.82. The quantitative estimate of drug-likeness (QED) is 0.750. The van der Waals surface area contributed by atoms with Crippen LogP contribution in [0.2, 0.25) is 0 Å². The Hall–Kier alpha value is -2.38. The molecule has 1 saturated heterocycles. The molecule has 2 aromatic rings. The van der Waals surface area contributed by atoms with Crippen molar-refractivity contribution in [3.05, 3.63) is 59.2 Å². The maximum Gasteiger partial charge on any atom is 0.257 e. The van der Waals surface area contributed by atoms with Crippen LogP contribution in [0, 0.1) is 6.92 Å². The van der Waals surface area contributed by atoms with E-state index in [0.717, 1.165) is 36.8 Å². The van der Waals surface area contributed by atoms with E-state index in [0.29, 0.717) is 18.8 Å². The van der Waals surface area contributed by atoms with Crippen LogP contribution >= 0.6 is 0 Å². The molecule has 30 heavy (non-hydrogen) atoms. The highest BCUT2D eigenvalue weighted by atomic mass is 32.2. The number of ether oxygens (including phenoxy) is 1. The van der Waals surface area contributed by atoms with Gasteiger partial charge in [0.2, 0.25) is 10.0 Å². The van der Waals surface area contributed by atoms with E-state index in [4.69, 9.17) is 4.74 Å². The third-order valence-corrected chi connectivity index (χ3v) is 7.05. The largest absolute Gasteiger partial charge is 0.496 e. The van der Waals surface area contributed by atoms with Crippen molar-refractivity contribution in [3.8, 4) is 5.75 Å². The molecule has 0 spiro atoms. The minimum absolute atomic E-state index is 0.0560. The zero-order valence-corrected chi connectivity index (χ0v) is 18.7. The van der Waals surface area contributed by atoms with Crippen LogP contribution < -0.4 is 9.46 Å². The van der Waals surface area contributed by atoms with Crippen LogP contribution in [0.3, 0.4) is 0 Å². The summed E-state index contributed by atoms with van der Waals surface area (Å²) in [7, 11) is -2.33. The van der Waals surface area contributed by atoms with Crippen molar-refractivity contribution < 1.29 is 17.9 Å². The molecular weight excluding hydrogens is 400 g/mol. The molecule has 0 saturated carbocycles. The highest BCUT2D eigenvalue weighted by Crippen LogP contribution is 2.26. The van der Waals surface area contributed by atoms with Crippen LogP contribution in [-0.2, 0) is 10.0 Å². The van der Waals surface area contributed by atoms with Crippen LogP contribution in [0.4, 0.5) is 0 Å². The summed E-state index contributed by atoms with van der Waals surface area (Å²) in [4.78, 5) is 15.0. The fraction of sp³-hybridized carbons (Fsp3) is 0.435. The Kier molecular flexibility index (Phi) is 7.15. The van der Waals surface area contributed by atoms with Gasteiger partial charge in [0, 0.05) is 19.1 Å². The highest BCUT2D eigenvalue weighted by molar-refractivity contribution is 7.89. The maximum absolute atomic E-state index is 13.1. The van der Waals surface area contributed by atoms with Gasteiger partial charge in [-0.2, -0.15) is 0 Å². The second-order valence-corrected chi connectivity index (χ2v) is 9.54. The molecule has 1 amide bonds. The van der Waals surface area contributed by atoms with E-state index in [-0.39, 0.29) is 16.4 Å². The molecule has 2 aromatic carbocycles. The Balaban J connectivity index is 1.86. The monoisotopic (exact) mass is 430 g/mol. The van der Waals surface area contributed by atoms with Crippen LogP contribution in [0.1, 0.15) is 60.1 Å². The molecule has 6 nitrogen and oxygen atoms in total. The lowest BCUT2D eigenvalue weighted by Crippen LogP contribution is -2.32. The lowest BCUT2D eigenvalue weighted by Gasteiger charge is -2.22. The van der Waals surface area contributed by atoms with Crippen molar-refractivity contribution in [2.45, 2.75) is 50.5 Å². The summed E-state index contributed by atoms with van der Waals surface area (Å²) in [5, 5.41) is 0. The summed E-state index contributed by atoms with van der Waals surface area (Å²) >= 11 is 0. The Morgan fingerprint density at radius 2 is 1.67 bits per heavy atom. The third kappa shape index (κ3) is 5.21. The average Bonchev–Trinajstić information content (AvgIpc) is 3.02. The number of sulfonamides is 1. The Morgan fingerprint density at radius 1 is 1.03 bits per heavy atom. The number of benzene rings is 2. The van der Waals surface area contributed by atoms with Crippen LogP contribution in [0.25, 0.3) is 0 Å². The lowest BCUT2D eigenvalue weighted by atomic mass is 10.1.